The van der Waals surface area contributed by atoms with Crippen LogP contribution in [-0.2, 0) is 17.8 Å². The van der Waals surface area contributed by atoms with Crippen LogP contribution in [0, 0.1) is 0 Å². The van der Waals surface area contributed by atoms with Gasteiger partial charge in [-0.15, -0.1) is 0 Å². The van der Waals surface area contributed by atoms with Gasteiger partial charge in [0, 0.05) is 36.1 Å². The molecule has 2 rings (SSSR count). The van der Waals surface area contributed by atoms with Crippen LogP contribution in [0.4, 0.5) is 0 Å². The number of nitrogens with zero attached hydrogens (tertiary/aromatic N) is 1. The number of benzene rings is 1. The molecule has 1 amide bonds. The molecule has 0 saturated carbocycles. The molecule has 0 fully saturated rings. The summed E-state index contributed by atoms with van der Waals surface area (Å²) in [6, 6.07) is 8.78. The third-order valence-corrected chi connectivity index (χ3v) is 4.08. The predicted octanol–water partition coefficient (Wildman–Crippen LogP) is 3.90. The van der Waals surface area contributed by atoms with Crippen molar-refractivity contribution in [2.75, 3.05) is 0 Å². The van der Waals surface area contributed by atoms with E-state index in [1.54, 1.807) is 0 Å². The third kappa shape index (κ3) is 3.87. The normalized spacial score (nSPS) is 12.5. The first kappa shape index (κ1) is 15.6. The second-order valence-electron chi connectivity index (χ2n) is 5.69. The average Bonchev–Trinajstić information content (AvgIpc) is 2.85. The van der Waals surface area contributed by atoms with Gasteiger partial charge >= 0.3 is 0 Å². The number of amides is 1. The number of para-hydroxylation sites is 1. The molecular formula is C18H26N2O. The van der Waals surface area contributed by atoms with Crippen molar-refractivity contribution in [3.8, 4) is 0 Å². The number of nitrogens with one attached hydrogen (secondary N) is 1. The molecule has 1 aromatic heterocycles. The Bertz CT molecular complexity index is 600. The molecule has 3 nitrogen and oxygen atoms in total. The summed E-state index contributed by atoms with van der Waals surface area (Å²) >= 11 is 0. The molecule has 3 heteroatoms. The first-order valence-corrected chi connectivity index (χ1v) is 8.01. The van der Waals surface area contributed by atoms with E-state index in [-0.39, 0.29) is 11.9 Å². The van der Waals surface area contributed by atoms with Crippen LogP contribution < -0.4 is 5.32 Å². The zero-order valence-electron chi connectivity index (χ0n) is 13.4. The van der Waals surface area contributed by atoms with Gasteiger partial charge in [-0.3, -0.25) is 4.79 Å². The van der Waals surface area contributed by atoms with Crippen molar-refractivity contribution < 1.29 is 4.79 Å². The van der Waals surface area contributed by atoms with Gasteiger partial charge in [0.25, 0.3) is 0 Å². The molecule has 21 heavy (non-hydrogen) atoms. The van der Waals surface area contributed by atoms with E-state index in [1.807, 2.05) is 6.92 Å². The van der Waals surface area contributed by atoms with Gasteiger partial charge in [-0.2, -0.15) is 0 Å². The molecule has 1 unspecified atom stereocenters. The quantitative estimate of drug-likeness (QED) is 0.823. The molecule has 0 spiro atoms. The van der Waals surface area contributed by atoms with Crippen LogP contribution in [0.25, 0.3) is 10.9 Å². The third-order valence-electron chi connectivity index (χ3n) is 4.08. The largest absolute Gasteiger partial charge is 0.354 e. The van der Waals surface area contributed by atoms with Crippen LogP contribution >= 0.6 is 0 Å². The van der Waals surface area contributed by atoms with Crippen molar-refractivity contribution in [1.82, 2.24) is 9.88 Å². The number of hydrogen-bond acceptors (Lipinski definition) is 1. The SMILES string of the molecule is CCC(C)NC(=O)CCCc1cn(CC)c2ccccc12. The highest BCUT2D eigenvalue weighted by Gasteiger charge is 2.09. The van der Waals surface area contributed by atoms with Gasteiger partial charge < -0.3 is 9.88 Å². The molecule has 1 N–H and O–H groups in total. The number of aryl methyl sites for hydroxylation is 2. The molecule has 1 atom stereocenters. The van der Waals surface area contributed by atoms with Gasteiger partial charge in [-0.05, 0) is 44.7 Å². The van der Waals surface area contributed by atoms with E-state index in [2.05, 4.69) is 54.2 Å². The van der Waals surface area contributed by atoms with Crippen LogP contribution in [-0.4, -0.2) is 16.5 Å². The molecule has 1 heterocycles. The molecule has 0 saturated heterocycles. The number of fused-ring (bicyclic) bond motifs is 1. The standard InChI is InChI=1S/C18H26N2O/c1-4-14(3)19-18(21)12-8-9-15-13-20(5-2)17-11-7-6-10-16(15)17/h6-7,10-11,13-14H,4-5,8-9,12H2,1-3H3,(H,19,21). The van der Waals surface area contributed by atoms with Gasteiger partial charge in [0.2, 0.25) is 5.91 Å². The average molecular weight is 286 g/mol. The van der Waals surface area contributed by atoms with Gasteiger partial charge in [-0.1, -0.05) is 25.1 Å². The Morgan fingerprint density at radius 3 is 2.76 bits per heavy atom. The van der Waals surface area contributed by atoms with Crippen molar-refractivity contribution >= 4 is 16.8 Å². The molecule has 114 valence electrons. The van der Waals surface area contributed by atoms with Gasteiger partial charge in [0.05, 0.1) is 0 Å². The summed E-state index contributed by atoms with van der Waals surface area (Å²) in [5.74, 6) is 0.170. The van der Waals surface area contributed by atoms with E-state index in [9.17, 15) is 4.79 Å². The summed E-state index contributed by atoms with van der Waals surface area (Å²) in [4.78, 5) is 11.8. The number of carbonyl (C=O) groups is 1. The number of hydrogen-bond donors (Lipinski definition) is 1. The van der Waals surface area contributed by atoms with Crippen LogP contribution in [0.2, 0.25) is 0 Å². The molecule has 1 aromatic carbocycles. The van der Waals surface area contributed by atoms with Gasteiger partial charge in [0.15, 0.2) is 0 Å². The summed E-state index contributed by atoms with van der Waals surface area (Å²) in [6.45, 7) is 7.28. The summed E-state index contributed by atoms with van der Waals surface area (Å²) in [5.41, 5.74) is 2.64. The lowest BCUT2D eigenvalue weighted by Crippen LogP contribution is -2.31. The Morgan fingerprint density at radius 2 is 2.05 bits per heavy atom. The molecular weight excluding hydrogens is 260 g/mol. The second kappa shape index (κ2) is 7.30. The van der Waals surface area contributed by atoms with Crippen LogP contribution in [0.5, 0.6) is 0 Å². The highest BCUT2D eigenvalue weighted by molar-refractivity contribution is 5.84. The van der Waals surface area contributed by atoms with E-state index >= 15 is 0 Å². The Hall–Kier alpha value is -1.77. The summed E-state index contributed by atoms with van der Waals surface area (Å²) in [5, 5.41) is 4.35. The molecule has 0 aliphatic heterocycles. The van der Waals surface area contributed by atoms with Crippen LogP contribution in [0.3, 0.4) is 0 Å². The highest BCUT2D eigenvalue weighted by Crippen LogP contribution is 2.22. The summed E-state index contributed by atoms with van der Waals surface area (Å²) in [7, 11) is 0. The first-order chi connectivity index (χ1) is 10.2. The maximum Gasteiger partial charge on any atom is 0.220 e. The van der Waals surface area contributed by atoms with Crippen molar-refractivity contribution in [2.45, 2.75) is 59.0 Å². The molecule has 0 bridgehead atoms. The maximum atomic E-state index is 11.8. The fourth-order valence-corrected chi connectivity index (χ4v) is 2.67. The number of rotatable bonds is 7. The van der Waals surface area contributed by atoms with E-state index in [0.29, 0.717) is 6.42 Å². The van der Waals surface area contributed by atoms with Crippen LogP contribution in [0.15, 0.2) is 30.5 Å². The minimum Gasteiger partial charge on any atom is -0.354 e. The zero-order valence-corrected chi connectivity index (χ0v) is 13.4. The Morgan fingerprint density at radius 1 is 1.29 bits per heavy atom. The predicted molar refractivity (Wildman–Crippen MR) is 88.4 cm³/mol. The Labute approximate surface area is 127 Å². The Balaban J connectivity index is 1.96. The number of aromatic nitrogens is 1. The van der Waals surface area contributed by atoms with Crippen molar-refractivity contribution in [1.29, 1.82) is 0 Å². The highest BCUT2D eigenvalue weighted by atomic mass is 16.1. The smallest absolute Gasteiger partial charge is 0.220 e. The van der Waals surface area contributed by atoms with Gasteiger partial charge in [0.1, 0.15) is 0 Å². The van der Waals surface area contributed by atoms with E-state index in [1.165, 1.54) is 16.5 Å². The topological polar surface area (TPSA) is 34.0 Å². The van der Waals surface area contributed by atoms with Gasteiger partial charge in [-0.25, -0.2) is 0 Å². The fourth-order valence-electron chi connectivity index (χ4n) is 2.67. The zero-order chi connectivity index (χ0) is 15.2. The van der Waals surface area contributed by atoms with Crippen molar-refractivity contribution in [2.24, 2.45) is 0 Å². The first-order valence-electron chi connectivity index (χ1n) is 8.01. The minimum atomic E-state index is 0.170. The molecule has 0 aliphatic rings. The van der Waals surface area contributed by atoms with E-state index < -0.39 is 0 Å². The lowest BCUT2D eigenvalue weighted by molar-refractivity contribution is -0.121. The lowest BCUT2D eigenvalue weighted by Gasteiger charge is -2.10. The van der Waals surface area contributed by atoms with Crippen molar-refractivity contribution in [3.05, 3.63) is 36.0 Å². The molecule has 0 aliphatic carbocycles. The lowest BCUT2D eigenvalue weighted by atomic mass is 10.1. The molecule has 2 aromatic rings. The van der Waals surface area contributed by atoms with E-state index in [4.69, 9.17) is 0 Å². The van der Waals surface area contributed by atoms with Crippen LogP contribution in [0.1, 0.15) is 45.6 Å². The summed E-state index contributed by atoms with van der Waals surface area (Å²) < 4.78 is 2.28. The Kier molecular flexibility index (Phi) is 5.43. The van der Waals surface area contributed by atoms with Crippen molar-refractivity contribution in [3.63, 3.8) is 0 Å². The maximum absolute atomic E-state index is 11.8. The minimum absolute atomic E-state index is 0.170. The van der Waals surface area contributed by atoms with E-state index in [0.717, 1.165) is 25.8 Å². The summed E-state index contributed by atoms with van der Waals surface area (Å²) in [6.07, 6.45) is 5.68. The monoisotopic (exact) mass is 286 g/mol. The number of carbonyl (C=O) groups excluding carboxylic acids is 1. The fraction of sp³-hybridized carbons (Fsp3) is 0.500. The molecule has 0 radical (unpaired) electrons. The second-order valence-corrected chi connectivity index (χ2v) is 5.69.